The van der Waals surface area contributed by atoms with Crippen molar-refractivity contribution in [2.75, 3.05) is 6.61 Å². The third-order valence-corrected chi connectivity index (χ3v) is 5.01. The summed E-state index contributed by atoms with van der Waals surface area (Å²) in [6, 6.07) is 12.3. The Morgan fingerprint density at radius 3 is 2.62 bits per heavy atom. The van der Waals surface area contributed by atoms with Crippen molar-refractivity contribution in [2.45, 2.75) is 0 Å². The molecule has 26 heavy (non-hydrogen) atoms. The van der Waals surface area contributed by atoms with Crippen LogP contribution in [0.2, 0.25) is 0 Å². The van der Waals surface area contributed by atoms with Gasteiger partial charge in [-0.3, -0.25) is 4.79 Å². The van der Waals surface area contributed by atoms with E-state index in [-0.39, 0.29) is 6.61 Å². The Labute approximate surface area is 174 Å². The van der Waals surface area contributed by atoms with Crippen LogP contribution in [-0.4, -0.2) is 22.5 Å². The molecule has 0 aliphatic carbocycles. The number of aromatic amines is 1. The molecule has 0 aliphatic rings. The molecule has 0 spiro atoms. The second-order valence-electron chi connectivity index (χ2n) is 5.10. The van der Waals surface area contributed by atoms with E-state index in [4.69, 9.17) is 10.00 Å². The van der Waals surface area contributed by atoms with Gasteiger partial charge >= 0.3 is 5.69 Å². The number of rotatable bonds is 4. The van der Waals surface area contributed by atoms with Crippen LogP contribution in [0.1, 0.15) is 5.56 Å². The number of hydrogen-bond donors (Lipinski definition) is 1. The van der Waals surface area contributed by atoms with Crippen molar-refractivity contribution in [2.24, 2.45) is 5.10 Å². The van der Waals surface area contributed by atoms with Crippen LogP contribution in [0.25, 0.3) is 10.9 Å². The molecule has 0 amide bonds. The summed E-state index contributed by atoms with van der Waals surface area (Å²) in [5, 5.41) is 13.1. The fourth-order valence-electron chi connectivity index (χ4n) is 2.28. The molecular weight excluding hydrogens is 562 g/mol. The summed E-state index contributed by atoms with van der Waals surface area (Å²) in [5.74, 6) is 0.616. The minimum absolute atomic E-state index is 0.0404. The Morgan fingerprint density at radius 2 is 1.92 bits per heavy atom. The van der Waals surface area contributed by atoms with E-state index >= 15 is 0 Å². The maximum Gasteiger partial charge on any atom is 0.349 e. The quantitative estimate of drug-likeness (QED) is 0.384. The van der Waals surface area contributed by atoms with Crippen molar-refractivity contribution in [3.63, 3.8) is 0 Å². The Kier molecular flexibility index (Phi) is 5.72. The second kappa shape index (κ2) is 8.00. The molecule has 0 unspecified atom stereocenters. The van der Waals surface area contributed by atoms with Gasteiger partial charge in [0, 0.05) is 0 Å². The number of nitriles is 1. The summed E-state index contributed by atoms with van der Waals surface area (Å²) in [5.41, 5.74) is 0.0712. The molecule has 0 saturated carbocycles. The van der Waals surface area contributed by atoms with Crippen molar-refractivity contribution >= 4 is 62.3 Å². The number of nitrogens with one attached hydrogen (secondary N) is 1. The van der Waals surface area contributed by atoms with Crippen molar-refractivity contribution in [1.82, 2.24) is 9.66 Å². The lowest BCUT2D eigenvalue weighted by molar-refractivity contribution is 0.363. The van der Waals surface area contributed by atoms with E-state index in [2.05, 4.69) is 55.3 Å². The van der Waals surface area contributed by atoms with Gasteiger partial charge in [0.15, 0.2) is 6.61 Å². The van der Waals surface area contributed by atoms with Crippen LogP contribution in [-0.2, 0) is 0 Å². The van der Waals surface area contributed by atoms with Gasteiger partial charge in [0.05, 0.1) is 24.3 Å². The van der Waals surface area contributed by atoms with Crippen LogP contribution in [0.15, 0.2) is 51.1 Å². The first-order valence-electron chi connectivity index (χ1n) is 7.28. The number of H-pyrrole nitrogens is 1. The van der Waals surface area contributed by atoms with Crippen LogP contribution in [0.5, 0.6) is 5.75 Å². The maximum atomic E-state index is 12.5. The average molecular weight is 572 g/mol. The standard InChI is InChI=1S/C17H10I2N4O3/c18-12-7-10(8-13(19)15(12)26-6-5-20)9-21-23-16(24)11-3-1-2-4-14(11)22-17(23)25/h1-4,7-9H,6H2,(H,22,25). The summed E-state index contributed by atoms with van der Waals surface area (Å²) < 4.78 is 7.78. The molecule has 1 heterocycles. The largest absolute Gasteiger partial charge is 0.477 e. The third-order valence-electron chi connectivity index (χ3n) is 3.41. The van der Waals surface area contributed by atoms with Gasteiger partial charge in [0.1, 0.15) is 11.8 Å². The summed E-state index contributed by atoms with van der Waals surface area (Å²) >= 11 is 4.19. The Balaban J connectivity index is 2.01. The van der Waals surface area contributed by atoms with Gasteiger partial charge in [0.2, 0.25) is 0 Å². The molecule has 0 bridgehead atoms. The van der Waals surface area contributed by atoms with Crippen molar-refractivity contribution in [3.05, 3.63) is 69.9 Å². The molecule has 2 aromatic carbocycles. The molecule has 130 valence electrons. The van der Waals surface area contributed by atoms with Gasteiger partial charge < -0.3 is 9.72 Å². The van der Waals surface area contributed by atoms with Gasteiger partial charge in [0.25, 0.3) is 5.56 Å². The van der Waals surface area contributed by atoms with Gasteiger partial charge in [-0.05, 0) is 75.0 Å². The summed E-state index contributed by atoms with van der Waals surface area (Å²) in [7, 11) is 0. The minimum atomic E-state index is -0.608. The molecule has 0 aliphatic heterocycles. The zero-order chi connectivity index (χ0) is 18.7. The molecule has 1 aromatic heterocycles. The first-order valence-corrected chi connectivity index (χ1v) is 9.44. The smallest absolute Gasteiger partial charge is 0.349 e. The van der Waals surface area contributed by atoms with Gasteiger partial charge in [-0.25, -0.2) is 4.79 Å². The van der Waals surface area contributed by atoms with Crippen LogP contribution >= 0.6 is 45.2 Å². The molecule has 3 rings (SSSR count). The lowest BCUT2D eigenvalue weighted by Crippen LogP contribution is -2.32. The lowest BCUT2D eigenvalue weighted by Gasteiger charge is -2.08. The number of ether oxygens (including phenoxy) is 1. The summed E-state index contributed by atoms with van der Waals surface area (Å²) in [4.78, 5) is 27.2. The SMILES string of the molecule is N#CCOc1c(I)cc(C=Nn2c(=O)[nH]c3ccccc3c2=O)cc1I. The molecule has 0 fully saturated rings. The summed E-state index contributed by atoms with van der Waals surface area (Å²) in [6.07, 6.45) is 1.43. The normalized spacial score (nSPS) is 11.0. The van der Waals surface area contributed by atoms with E-state index < -0.39 is 11.2 Å². The second-order valence-corrected chi connectivity index (χ2v) is 7.42. The lowest BCUT2D eigenvalue weighted by atomic mass is 10.2. The Bertz CT molecular complexity index is 1150. The monoisotopic (exact) mass is 572 g/mol. The fourth-order valence-corrected chi connectivity index (χ4v) is 4.41. The van der Waals surface area contributed by atoms with E-state index in [9.17, 15) is 9.59 Å². The fraction of sp³-hybridized carbons (Fsp3) is 0.0588. The van der Waals surface area contributed by atoms with Gasteiger partial charge in [-0.2, -0.15) is 10.4 Å². The predicted octanol–water partition coefficient (Wildman–Crippen LogP) is 2.68. The van der Waals surface area contributed by atoms with Gasteiger partial charge in [-0.1, -0.05) is 12.1 Å². The van der Waals surface area contributed by atoms with E-state index in [1.54, 1.807) is 36.4 Å². The Morgan fingerprint density at radius 1 is 1.23 bits per heavy atom. The minimum Gasteiger partial charge on any atom is -0.477 e. The van der Waals surface area contributed by atoms with Crippen molar-refractivity contribution < 1.29 is 4.74 Å². The van der Waals surface area contributed by atoms with Crippen LogP contribution in [0.4, 0.5) is 0 Å². The molecular formula is C17H10I2N4O3. The number of fused-ring (bicyclic) bond motifs is 1. The number of nitrogens with zero attached hydrogens (tertiary/aromatic N) is 3. The van der Waals surface area contributed by atoms with E-state index in [1.807, 2.05) is 6.07 Å². The maximum absolute atomic E-state index is 12.5. The highest BCUT2D eigenvalue weighted by Crippen LogP contribution is 2.28. The predicted molar refractivity (Wildman–Crippen MR) is 115 cm³/mol. The van der Waals surface area contributed by atoms with Crippen LogP contribution < -0.4 is 16.0 Å². The highest BCUT2D eigenvalue weighted by Gasteiger charge is 2.09. The van der Waals surface area contributed by atoms with Crippen molar-refractivity contribution in [3.8, 4) is 11.8 Å². The average Bonchev–Trinajstić information content (AvgIpc) is 2.61. The van der Waals surface area contributed by atoms with Crippen molar-refractivity contribution in [1.29, 1.82) is 5.26 Å². The number of aromatic nitrogens is 2. The molecule has 0 radical (unpaired) electrons. The van der Waals surface area contributed by atoms with E-state index in [0.29, 0.717) is 22.2 Å². The topological polar surface area (TPSA) is 100 Å². The number of hydrogen-bond acceptors (Lipinski definition) is 5. The molecule has 7 nitrogen and oxygen atoms in total. The molecule has 0 saturated heterocycles. The highest BCUT2D eigenvalue weighted by atomic mass is 127. The number of benzene rings is 2. The molecule has 0 atom stereocenters. The van der Waals surface area contributed by atoms with Crippen LogP contribution in [0, 0.1) is 18.5 Å². The molecule has 1 N–H and O–H groups in total. The highest BCUT2D eigenvalue weighted by molar-refractivity contribution is 14.1. The molecule has 3 aromatic rings. The summed E-state index contributed by atoms with van der Waals surface area (Å²) in [6.45, 7) is -0.0404. The van der Waals surface area contributed by atoms with E-state index in [0.717, 1.165) is 11.8 Å². The van der Waals surface area contributed by atoms with Crippen LogP contribution in [0.3, 0.4) is 0 Å². The first kappa shape index (κ1) is 18.6. The zero-order valence-corrected chi connectivity index (χ0v) is 17.4. The van der Waals surface area contributed by atoms with E-state index in [1.165, 1.54) is 6.21 Å². The molecule has 9 heteroatoms. The van der Waals surface area contributed by atoms with Gasteiger partial charge in [-0.15, -0.1) is 4.68 Å². The first-order chi connectivity index (χ1) is 12.5. The number of para-hydroxylation sites is 1. The Hall–Kier alpha value is -2.20. The number of halogens is 2. The zero-order valence-electron chi connectivity index (χ0n) is 13.1. The third kappa shape index (κ3) is 3.80.